The van der Waals surface area contributed by atoms with E-state index in [2.05, 4.69) is 0 Å². The maximum absolute atomic E-state index is 13.4. The number of benzene rings is 4. The highest BCUT2D eigenvalue weighted by Crippen LogP contribution is 2.28. The summed E-state index contributed by atoms with van der Waals surface area (Å²) in [7, 11) is 0. The molecule has 0 radical (unpaired) electrons. The Morgan fingerprint density at radius 2 is 0.900 bits per heavy atom. The van der Waals surface area contributed by atoms with Gasteiger partial charge in [0.15, 0.2) is 12.2 Å². The Balaban J connectivity index is 1.36. The molecular formula is C34H34O6. The van der Waals surface area contributed by atoms with E-state index in [-0.39, 0.29) is 13.2 Å². The van der Waals surface area contributed by atoms with Crippen molar-refractivity contribution in [1.82, 2.24) is 0 Å². The number of carbonyl (C=O) groups excluding carboxylic acids is 1. The maximum atomic E-state index is 13.4. The fourth-order valence-corrected chi connectivity index (χ4v) is 4.64. The zero-order chi connectivity index (χ0) is 27.4. The molecule has 4 aromatic rings. The van der Waals surface area contributed by atoms with Crippen LogP contribution in [0.25, 0.3) is 0 Å². The third kappa shape index (κ3) is 7.87. The van der Waals surface area contributed by atoms with Gasteiger partial charge in [0.25, 0.3) is 0 Å². The smallest absolute Gasteiger partial charge is 0.338 e. The van der Waals surface area contributed by atoms with E-state index in [1.54, 1.807) is 0 Å². The van der Waals surface area contributed by atoms with Gasteiger partial charge in [0.1, 0.15) is 12.2 Å². The molecule has 1 saturated heterocycles. The zero-order valence-electron chi connectivity index (χ0n) is 22.3. The molecule has 1 aliphatic rings. The molecule has 0 amide bonds. The van der Waals surface area contributed by atoms with Gasteiger partial charge in [0.2, 0.25) is 0 Å². The van der Waals surface area contributed by atoms with Crippen LogP contribution in [0, 0.1) is 0 Å². The first-order valence-electron chi connectivity index (χ1n) is 13.5. The van der Waals surface area contributed by atoms with Crippen molar-refractivity contribution in [1.29, 1.82) is 0 Å². The molecule has 206 valence electrons. The average Bonchev–Trinajstić information content (AvgIpc) is 3.01. The lowest BCUT2D eigenvalue weighted by atomic mass is 9.98. The van der Waals surface area contributed by atoms with E-state index in [1.807, 2.05) is 121 Å². The predicted octanol–water partition coefficient (Wildman–Crippen LogP) is 5.88. The molecular weight excluding hydrogens is 504 g/mol. The lowest BCUT2D eigenvalue weighted by Gasteiger charge is -2.41. The van der Waals surface area contributed by atoms with Crippen molar-refractivity contribution in [3.05, 3.63) is 144 Å². The molecule has 4 aromatic carbocycles. The standard InChI is InChI=1S/C34H34O6/c35-34-33(39-24-29-19-11-4-12-20-29)32(38-23-28-17-9-3-10-18-28)31(37-22-27-15-7-2-8-16-27)30(40-34)25-36-21-26-13-5-1-6-14-26/h1-20,30-33H,21-25H2/t30-,31-,32+,33-/m0/s1. The van der Waals surface area contributed by atoms with E-state index >= 15 is 0 Å². The Morgan fingerprint density at radius 1 is 0.500 bits per heavy atom. The van der Waals surface area contributed by atoms with Gasteiger partial charge >= 0.3 is 5.97 Å². The minimum Gasteiger partial charge on any atom is -0.455 e. The van der Waals surface area contributed by atoms with E-state index in [0.717, 1.165) is 22.3 Å². The highest BCUT2D eigenvalue weighted by atomic mass is 16.6. The van der Waals surface area contributed by atoms with Crippen LogP contribution in [0.1, 0.15) is 22.3 Å². The van der Waals surface area contributed by atoms with Gasteiger partial charge in [0, 0.05) is 0 Å². The van der Waals surface area contributed by atoms with Gasteiger partial charge in [-0.25, -0.2) is 4.79 Å². The number of rotatable bonds is 13. The van der Waals surface area contributed by atoms with Crippen LogP contribution < -0.4 is 0 Å². The molecule has 0 spiro atoms. The molecule has 0 aromatic heterocycles. The van der Waals surface area contributed by atoms with Crippen molar-refractivity contribution in [2.75, 3.05) is 6.61 Å². The fraction of sp³-hybridized carbons (Fsp3) is 0.265. The molecule has 0 unspecified atom stereocenters. The van der Waals surface area contributed by atoms with Gasteiger partial charge < -0.3 is 23.7 Å². The summed E-state index contributed by atoms with van der Waals surface area (Å²) in [5.41, 5.74) is 3.98. The Hall–Kier alpha value is -3.81. The number of hydrogen-bond donors (Lipinski definition) is 0. The lowest BCUT2D eigenvalue weighted by molar-refractivity contribution is -0.239. The highest BCUT2D eigenvalue weighted by Gasteiger charge is 2.48. The molecule has 0 bridgehead atoms. The summed E-state index contributed by atoms with van der Waals surface area (Å²) in [6.45, 7) is 1.43. The van der Waals surface area contributed by atoms with Gasteiger partial charge in [-0.05, 0) is 22.3 Å². The molecule has 0 N–H and O–H groups in total. The van der Waals surface area contributed by atoms with Gasteiger partial charge in [0.05, 0.1) is 33.0 Å². The topological polar surface area (TPSA) is 63.2 Å². The van der Waals surface area contributed by atoms with Crippen molar-refractivity contribution in [3.63, 3.8) is 0 Å². The van der Waals surface area contributed by atoms with Crippen LogP contribution in [0.15, 0.2) is 121 Å². The van der Waals surface area contributed by atoms with Gasteiger partial charge in [-0.2, -0.15) is 0 Å². The first-order valence-corrected chi connectivity index (χ1v) is 13.5. The van der Waals surface area contributed by atoms with Crippen molar-refractivity contribution >= 4 is 5.97 Å². The SMILES string of the molecule is O=C1O[C@@H](COCc2ccccc2)[C@H](OCc2ccccc2)[C@@H](OCc2ccccc2)[C@@H]1OCc1ccccc1. The Morgan fingerprint density at radius 3 is 1.38 bits per heavy atom. The van der Waals surface area contributed by atoms with E-state index in [1.165, 1.54) is 0 Å². The third-order valence-corrected chi connectivity index (χ3v) is 6.73. The number of hydrogen-bond acceptors (Lipinski definition) is 6. The first-order chi connectivity index (χ1) is 19.8. The van der Waals surface area contributed by atoms with Crippen LogP contribution in [-0.2, 0) is 54.9 Å². The summed E-state index contributed by atoms with van der Waals surface area (Å²) < 4.78 is 31.0. The predicted molar refractivity (Wildman–Crippen MR) is 151 cm³/mol. The number of cyclic esters (lactones) is 1. The molecule has 1 aliphatic heterocycles. The normalized spacial score (nSPS) is 20.6. The molecule has 5 rings (SSSR count). The summed E-state index contributed by atoms with van der Waals surface area (Å²) in [6.07, 6.45) is -2.95. The minimum atomic E-state index is -0.963. The van der Waals surface area contributed by atoms with Crippen molar-refractivity contribution in [2.24, 2.45) is 0 Å². The molecule has 4 atom stereocenters. The second-order valence-corrected chi connectivity index (χ2v) is 9.72. The first kappa shape index (κ1) is 27.7. The summed E-state index contributed by atoms with van der Waals surface area (Å²) in [5.74, 6) is -0.484. The van der Waals surface area contributed by atoms with E-state index in [0.29, 0.717) is 19.8 Å². The fourth-order valence-electron chi connectivity index (χ4n) is 4.64. The highest BCUT2D eigenvalue weighted by molar-refractivity contribution is 5.77. The van der Waals surface area contributed by atoms with E-state index in [4.69, 9.17) is 23.7 Å². The molecule has 6 nitrogen and oxygen atoms in total. The molecule has 6 heteroatoms. The molecule has 40 heavy (non-hydrogen) atoms. The summed E-state index contributed by atoms with van der Waals surface area (Å²) in [4.78, 5) is 13.4. The van der Waals surface area contributed by atoms with E-state index in [9.17, 15) is 4.79 Å². The van der Waals surface area contributed by atoms with Crippen LogP contribution >= 0.6 is 0 Å². The van der Waals surface area contributed by atoms with Crippen LogP contribution in [0.4, 0.5) is 0 Å². The average molecular weight is 539 g/mol. The summed E-state index contributed by atoms with van der Waals surface area (Å²) >= 11 is 0. The van der Waals surface area contributed by atoms with Gasteiger partial charge in [-0.15, -0.1) is 0 Å². The zero-order valence-corrected chi connectivity index (χ0v) is 22.3. The van der Waals surface area contributed by atoms with Crippen LogP contribution in [-0.4, -0.2) is 37.0 Å². The quantitative estimate of drug-likeness (QED) is 0.198. The third-order valence-electron chi connectivity index (χ3n) is 6.73. The maximum Gasteiger partial charge on any atom is 0.338 e. The lowest BCUT2D eigenvalue weighted by Crippen LogP contribution is -2.59. The summed E-state index contributed by atoms with van der Waals surface area (Å²) in [6, 6.07) is 39.4. The van der Waals surface area contributed by atoms with Crippen LogP contribution in [0.3, 0.4) is 0 Å². The molecule has 0 saturated carbocycles. The van der Waals surface area contributed by atoms with Crippen molar-refractivity contribution < 1.29 is 28.5 Å². The van der Waals surface area contributed by atoms with Crippen molar-refractivity contribution in [3.8, 4) is 0 Å². The summed E-state index contributed by atoms with van der Waals surface area (Å²) in [5, 5.41) is 0. The number of esters is 1. The van der Waals surface area contributed by atoms with E-state index < -0.39 is 30.4 Å². The molecule has 1 heterocycles. The van der Waals surface area contributed by atoms with Gasteiger partial charge in [-0.1, -0.05) is 121 Å². The Kier molecular flexibility index (Phi) is 10.1. The second-order valence-electron chi connectivity index (χ2n) is 9.72. The second kappa shape index (κ2) is 14.5. The minimum absolute atomic E-state index is 0.163. The Bertz CT molecular complexity index is 1280. The Labute approximate surface area is 235 Å². The number of carbonyl (C=O) groups is 1. The largest absolute Gasteiger partial charge is 0.455 e. The van der Waals surface area contributed by atoms with Gasteiger partial charge in [-0.3, -0.25) is 0 Å². The van der Waals surface area contributed by atoms with Crippen LogP contribution in [0.5, 0.6) is 0 Å². The molecule has 1 fully saturated rings. The monoisotopic (exact) mass is 538 g/mol. The van der Waals surface area contributed by atoms with Crippen LogP contribution in [0.2, 0.25) is 0 Å². The van der Waals surface area contributed by atoms with Crippen molar-refractivity contribution in [2.45, 2.75) is 50.8 Å². The number of ether oxygens (including phenoxy) is 5. The molecule has 0 aliphatic carbocycles.